The summed E-state index contributed by atoms with van der Waals surface area (Å²) in [6.45, 7) is 6.03. The molecule has 2 aromatic rings. The van der Waals surface area contributed by atoms with E-state index in [0.29, 0.717) is 0 Å². The van der Waals surface area contributed by atoms with Gasteiger partial charge in [0.15, 0.2) is 0 Å². The fourth-order valence-corrected chi connectivity index (χ4v) is 2.08. The molecule has 0 saturated carbocycles. The van der Waals surface area contributed by atoms with Crippen LogP contribution in [-0.4, -0.2) is 6.54 Å². The Morgan fingerprint density at radius 1 is 1.06 bits per heavy atom. The van der Waals surface area contributed by atoms with Crippen molar-refractivity contribution in [3.8, 4) is 11.1 Å². The number of rotatable bonds is 4. The highest BCUT2D eigenvalue weighted by Gasteiger charge is 2.02. The van der Waals surface area contributed by atoms with E-state index in [-0.39, 0.29) is 0 Å². The van der Waals surface area contributed by atoms with Crippen molar-refractivity contribution in [2.75, 3.05) is 6.54 Å². The van der Waals surface area contributed by atoms with Crippen LogP contribution in [0.15, 0.2) is 42.5 Å². The van der Waals surface area contributed by atoms with Crippen molar-refractivity contribution in [2.45, 2.75) is 20.4 Å². The maximum atomic E-state index is 6.17. The van der Waals surface area contributed by atoms with Crippen molar-refractivity contribution < 1.29 is 0 Å². The van der Waals surface area contributed by atoms with Gasteiger partial charge in [0, 0.05) is 11.6 Å². The third-order valence-corrected chi connectivity index (χ3v) is 3.42. The molecule has 0 spiro atoms. The molecule has 0 heterocycles. The highest BCUT2D eigenvalue weighted by molar-refractivity contribution is 6.31. The van der Waals surface area contributed by atoms with E-state index < -0.39 is 0 Å². The Balaban J connectivity index is 2.29. The minimum Gasteiger partial charge on any atom is -0.313 e. The molecule has 2 rings (SSSR count). The van der Waals surface area contributed by atoms with Crippen LogP contribution in [0.2, 0.25) is 5.02 Å². The maximum Gasteiger partial charge on any atom is 0.0441 e. The van der Waals surface area contributed by atoms with Crippen LogP contribution in [0.5, 0.6) is 0 Å². The van der Waals surface area contributed by atoms with Crippen molar-refractivity contribution in [2.24, 2.45) is 0 Å². The normalized spacial score (nSPS) is 10.6. The number of aryl methyl sites for hydroxylation is 1. The zero-order valence-electron chi connectivity index (χ0n) is 10.8. The van der Waals surface area contributed by atoms with E-state index in [1.165, 1.54) is 16.7 Å². The van der Waals surface area contributed by atoms with Gasteiger partial charge in [-0.15, -0.1) is 0 Å². The lowest BCUT2D eigenvalue weighted by atomic mass is 10.0. The lowest BCUT2D eigenvalue weighted by molar-refractivity contribution is 0.727. The summed E-state index contributed by atoms with van der Waals surface area (Å²) in [5, 5.41) is 4.16. The van der Waals surface area contributed by atoms with Gasteiger partial charge in [0.05, 0.1) is 0 Å². The molecule has 1 N–H and O–H groups in total. The van der Waals surface area contributed by atoms with Gasteiger partial charge < -0.3 is 5.32 Å². The van der Waals surface area contributed by atoms with Gasteiger partial charge in [0.2, 0.25) is 0 Å². The van der Waals surface area contributed by atoms with Crippen LogP contribution in [0.25, 0.3) is 11.1 Å². The Hall–Kier alpha value is -1.31. The first kappa shape index (κ1) is 13.1. The molecule has 18 heavy (non-hydrogen) atoms. The second-order valence-corrected chi connectivity index (χ2v) is 4.85. The monoisotopic (exact) mass is 259 g/mol. The van der Waals surface area contributed by atoms with Gasteiger partial charge in [0.1, 0.15) is 0 Å². The van der Waals surface area contributed by atoms with Crippen LogP contribution < -0.4 is 5.32 Å². The third-order valence-electron chi connectivity index (χ3n) is 3.01. The van der Waals surface area contributed by atoms with Gasteiger partial charge in [-0.3, -0.25) is 0 Å². The van der Waals surface area contributed by atoms with E-state index in [2.05, 4.69) is 48.6 Å². The van der Waals surface area contributed by atoms with Crippen LogP contribution in [-0.2, 0) is 6.54 Å². The van der Waals surface area contributed by atoms with E-state index in [4.69, 9.17) is 11.6 Å². The van der Waals surface area contributed by atoms with Crippen molar-refractivity contribution in [1.82, 2.24) is 5.32 Å². The smallest absolute Gasteiger partial charge is 0.0441 e. The molecule has 2 aromatic carbocycles. The first-order chi connectivity index (χ1) is 8.70. The summed E-state index contributed by atoms with van der Waals surface area (Å²) in [4.78, 5) is 0. The van der Waals surface area contributed by atoms with Crippen molar-refractivity contribution in [3.05, 3.63) is 58.6 Å². The summed E-state index contributed by atoms with van der Waals surface area (Å²) < 4.78 is 0. The fourth-order valence-electron chi connectivity index (χ4n) is 1.90. The Morgan fingerprint density at radius 3 is 2.56 bits per heavy atom. The predicted octanol–water partition coefficient (Wildman–Crippen LogP) is 4.42. The maximum absolute atomic E-state index is 6.17. The minimum atomic E-state index is 0.824. The molecule has 94 valence electrons. The Bertz CT molecular complexity index is 534. The lowest BCUT2D eigenvalue weighted by Crippen LogP contribution is -2.11. The lowest BCUT2D eigenvalue weighted by Gasteiger charge is -2.07. The molecule has 0 fully saturated rings. The van der Waals surface area contributed by atoms with Crippen LogP contribution in [0.4, 0.5) is 0 Å². The van der Waals surface area contributed by atoms with Gasteiger partial charge in [-0.1, -0.05) is 48.9 Å². The van der Waals surface area contributed by atoms with Crippen molar-refractivity contribution >= 4 is 11.6 Å². The summed E-state index contributed by atoms with van der Waals surface area (Å²) in [6.07, 6.45) is 0. The molecule has 0 amide bonds. The first-order valence-corrected chi connectivity index (χ1v) is 6.64. The molecular weight excluding hydrogens is 242 g/mol. The highest BCUT2D eigenvalue weighted by atomic mass is 35.5. The number of halogens is 1. The Morgan fingerprint density at radius 2 is 1.83 bits per heavy atom. The summed E-state index contributed by atoms with van der Waals surface area (Å²) in [6, 6.07) is 14.8. The summed E-state index contributed by atoms with van der Waals surface area (Å²) in [5.41, 5.74) is 4.80. The van der Waals surface area contributed by atoms with Gasteiger partial charge >= 0.3 is 0 Å². The van der Waals surface area contributed by atoms with Crippen molar-refractivity contribution in [1.29, 1.82) is 0 Å². The molecule has 0 unspecified atom stereocenters. The van der Waals surface area contributed by atoms with Gasteiger partial charge in [-0.2, -0.15) is 0 Å². The zero-order valence-corrected chi connectivity index (χ0v) is 11.6. The summed E-state index contributed by atoms with van der Waals surface area (Å²) >= 11 is 6.17. The average molecular weight is 260 g/mol. The van der Waals surface area contributed by atoms with Gasteiger partial charge in [-0.25, -0.2) is 0 Å². The molecule has 0 aliphatic rings. The predicted molar refractivity (Wildman–Crippen MR) is 79.0 cm³/mol. The van der Waals surface area contributed by atoms with E-state index in [0.717, 1.165) is 23.7 Å². The van der Waals surface area contributed by atoms with Gasteiger partial charge in [0.25, 0.3) is 0 Å². The zero-order chi connectivity index (χ0) is 13.0. The van der Waals surface area contributed by atoms with Crippen LogP contribution in [0.1, 0.15) is 18.1 Å². The second-order valence-electron chi connectivity index (χ2n) is 4.44. The van der Waals surface area contributed by atoms with E-state index in [9.17, 15) is 0 Å². The van der Waals surface area contributed by atoms with Crippen LogP contribution in [0.3, 0.4) is 0 Å². The molecule has 1 nitrogen and oxygen atoms in total. The molecule has 0 saturated heterocycles. The number of nitrogens with one attached hydrogen (secondary N) is 1. The fraction of sp³-hybridized carbons (Fsp3) is 0.250. The van der Waals surface area contributed by atoms with E-state index in [1.807, 2.05) is 13.0 Å². The number of benzene rings is 2. The van der Waals surface area contributed by atoms with E-state index in [1.54, 1.807) is 0 Å². The third kappa shape index (κ3) is 3.12. The summed E-state index contributed by atoms with van der Waals surface area (Å²) in [7, 11) is 0. The molecule has 0 atom stereocenters. The number of hydrogen-bond donors (Lipinski definition) is 1. The van der Waals surface area contributed by atoms with Gasteiger partial charge in [-0.05, 0) is 47.9 Å². The minimum absolute atomic E-state index is 0.824. The molecule has 0 aliphatic heterocycles. The largest absolute Gasteiger partial charge is 0.313 e. The molecule has 0 radical (unpaired) electrons. The van der Waals surface area contributed by atoms with Crippen LogP contribution >= 0.6 is 11.6 Å². The van der Waals surface area contributed by atoms with Crippen molar-refractivity contribution in [3.63, 3.8) is 0 Å². The first-order valence-electron chi connectivity index (χ1n) is 6.27. The highest BCUT2D eigenvalue weighted by Crippen LogP contribution is 2.25. The quantitative estimate of drug-likeness (QED) is 0.857. The summed E-state index contributed by atoms with van der Waals surface area (Å²) in [5.74, 6) is 0. The Kier molecular flexibility index (Phi) is 4.40. The molecule has 0 bridgehead atoms. The van der Waals surface area contributed by atoms with Crippen LogP contribution in [0, 0.1) is 6.92 Å². The topological polar surface area (TPSA) is 12.0 Å². The Labute approximate surface area is 114 Å². The van der Waals surface area contributed by atoms with E-state index >= 15 is 0 Å². The molecular formula is C16H18ClN. The standard InChI is InChI=1S/C16H18ClN/c1-3-18-11-13-5-4-6-14(9-13)15-8-7-12(2)16(17)10-15/h4-10,18H,3,11H2,1-2H3. The SMILES string of the molecule is CCNCc1cccc(-c2ccc(C)c(Cl)c2)c1. The molecule has 2 heteroatoms. The number of hydrogen-bond acceptors (Lipinski definition) is 1. The second kappa shape index (κ2) is 6.03. The molecule has 0 aliphatic carbocycles. The average Bonchev–Trinajstić information content (AvgIpc) is 2.40. The molecule has 0 aromatic heterocycles.